The first-order chi connectivity index (χ1) is 7.59. The molecule has 0 aliphatic heterocycles. The monoisotopic (exact) mass is 252 g/mol. The molecule has 0 bridgehead atoms. The molecule has 0 saturated carbocycles. The zero-order chi connectivity index (χ0) is 11.6. The average molecular weight is 253 g/mol. The van der Waals surface area contributed by atoms with Crippen molar-refractivity contribution in [2.24, 2.45) is 0 Å². The van der Waals surface area contributed by atoms with Crippen molar-refractivity contribution in [2.75, 3.05) is 0 Å². The predicted octanol–water partition coefficient (Wildman–Crippen LogP) is 3.85. The van der Waals surface area contributed by atoms with Crippen molar-refractivity contribution in [1.29, 1.82) is 0 Å². The van der Waals surface area contributed by atoms with E-state index in [0.717, 1.165) is 10.4 Å². The summed E-state index contributed by atoms with van der Waals surface area (Å²) in [5.41, 5.74) is -0.131. The van der Waals surface area contributed by atoms with Crippen LogP contribution in [0.3, 0.4) is 0 Å². The van der Waals surface area contributed by atoms with Gasteiger partial charge in [0.15, 0.2) is 0 Å². The van der Waals surface area contributed by atoms with Gasteiger partial charge in [0, 0.05) is 21.9 Å². The van der Waals surface area contributed by atoms with Gasteiger partial charge >= 0.3 is 0 Å². The molecule has 0 aliphatic carbocycles. The molecule has 1 N–H and O–H groups in total. The Balaban J connectivity index is 2.28. The first kappa shape index (κ1) is 11.6. The molecule has 1 atom stereocenters. The van der Waals surface area contributed by atoms with Crippen LogP contribution in [-0.2, 0) is 12.0 Å². The summed E-state index contributed by atoms with van der Waals surface area (Å²) in [6, 6.07) is 11.4. The third-order valence-corrected chi connectivity index (χ3v) is 3.76. The Morgan fingerprint density at radius 2 is 2.00 bits per heavy atom. The van der Waals surface area contributed by atoms with E-state index < -0.39 is 5.60 Å². The second-order valence-electron chi connectivity index (χ2n) is 4.01. The van der Waals surface area contributed by atoms with Crippen LogP contribution in [0.4, 0.5) is 0 Å². The van der Waals surface area contributed by atoms with Crippen molar-refractivity contribution >= 4 is 22.9 Å². The smallest absolute Gasteiger partial charge is 0.0930 e. The third-order valence-electron chi connectivity index (χ3n) is 2.55. The molecule has 0 saturated heterocycles. The van der Waals surface area contributed by atoms with E-state index in [9.17, 15) is 5.11 Å². The fourth-order valence-corrected chi connectivity index (χ4v) is 2.94. The summed E-state index contributed by atoms with van der Waals surface area (Å²) in [6.45, 7) is 1.80. The number of halogens is 1. The lowest BCUT2D eigenvalue weighted by atomic mass is 9.92. The number of aliphatic hydroxyl groups is 1. The van der Waals surface area contributed by atoms with Crippen LogP contribution in [0.5, 0.6) is 0 Å². The van der Waals surface area contributed by atoms with Crippen molar-refractivity contribution in [3.8, 4) is 0 Å². The van der Waals surface area contributed by atoms with E-state index in [2.05, 4.69) is 0 Å². The molecule has 16 heavy (non-hydrogen) atoms. The minimum atomic E-state index is -0.913. The lowest BCUT2D eigenvalue weighted by Gasteiger charge is -2.24. The average Bonchev–Trinajstić information content (AvgIpc) is 2.70. The van der Waals surface area contributed by atoms with Gasteiger partial charge in [0.2, 0.25) is 0 Å². The van der Waals surface area contributed by atoms with Crippen LogP contribution in [0.2, 0.25) is 5.02 Å². The van der Waals surface area contributed by atoms with Gasteiger partial charge in [-0.2, -0.15) is 0 Å². The van der Waals surface area contributed by atoms with E-state index in [4.69, 9.17) is 11.6 Å². The molecule has 1 aromatic carbocycles. The summed E-state index contributed by atoms with van der Waals surface area (Å²) in [5.74, 6) is 0. The molecular weight excluding hydrogens is 240 g/mol. The number of benzene rings is 1. The fourth-order valence-electron chi connectivity index (χ4n) is 1.75. The van der Waals surface area contributed by atoms with Crippen molar-refractivity contribution in [3.63, 3.8) is 0 Å². The standard InChI is InChI=1S/C13H13ClOS/c1-13(15,9-10-5-4-8-16-10)11-6-2-3-7-12(11)14/h2-8,15H,9H2,1H3. The van der Waals surface area contributed by atoms with E-state index in [0.29, 0.717) is 11.4 Å². The van der Waals surface area contributed by atoms with Gasteiger partial charge in [-0.1, -0.05) is 35.9 Å². The summed E-state index contributed by atoms with van der Waals surface area (Å²) in [5, 5.41) is 13.1. The van der Waals surface area contributed by atoms with Crippen LogP contribution in [-0.4, -0.2) is 5.11 Å². The van der Waals surface area contributed by atoms with Crippen LogP contribution in [0.1, 0.15) is 17.4 Å². The Morgan fingerprint density at radius 3 is 2.62 bits per heavy atom. The van der Waals surface area contributed by atoms with Crippen LogP contribution >= 0.6 is 22.9 Å². The SMILES string of the molecule is CC(O)(Cc1cccs1)c1ccccc1Cl. The molecule has 0 spiro atoms. The van der Waals surface area contributed by atoms with Crippen LogP contribution in [0.25, 0.3) is 0 Å². The molecule has 0 aliphatic rings. The van der Waals surface area contributed by atoms with Crippen molar-refractivity contribution in [1.82, 2.24) is 0 Å². The van der Waals surface area contributed by atoms with Gasteiger partial charge in [-0.15, -0.1) is 11.3 Å². The normalized spacial score (nSPS) is 14.7. The highest BCUT2D eigenvalue weighted by molar-refractivity contribution is 7.09. The Hall–Kier alpha value is -0.830. The van der Waals surface area contributed by atoms with Gasteiger partial charge in [-0.05, 0) is 24.4 Å². The van der Waals surface area contributed by atoms with Gasteiger partial charge in [-0.25, -0.2) is 0 Å². The second kappa shape index (κ2) is 4.58. The van der Waals surface area contributed by atoms with Gasteiger partial charge in [-0.3, -0.25) is 0 Å². The lowest BCUT2D eigenvalue weighted by molar-refractivity contribution is 0.0586. The van der Waals surface area contributed by atoms with Gasteiger partial charge in [0.25, 0.3) is 0 Å². The number of rotatable bonds is 3. The Morgan fingerprint density at radius 1 is 1.25 bits per heavy atom. The topological polar surface area (TPSA) is 20.2 Å². The predicted molar refractivity (Wildman–Crippen MR) is 69.0 cm³/mol. The van der Waals surface area contributed by atoms with E-state index in [1.54, 1.807) is 24.3 Å². The number of thiophene rings is 1. The molecule has 2 rings (SSSR count). The van der Waals surface area contributed by atoms with E-state index in [-0.39, 0.29) is 0 Å². The first-order valence-corrected chi connectivity index (χ1v) is 6.35. The molecule has 1 unspecified atom stereocenters. The molecule has 1 aromatic heterocycles. The minimum Gasteiger partial charge on any atom is -0.385 e. The molecule has 1 heterocycles. The highest BCUT2D eigenvalue weighted by atomic mass is 35.5. The zero-order valence-electron chi connectivity index (χ0n) is 8.98. The number of hydrogen-bond acceptors (Lipinski definition) is 2. The molecule has 3 heteroatoms. The van der Waals surface area contributed by atoms with Crippen molar-refractivity contribution < 1.29 is 5.11 Å². The van der Waals surface area contributed by atoms with Crippen LogP contribution in [0, 0.1) is 0 Å². The minimum absolute atomic E-state index is 0.592. The molecule has 0 radical (unpaired) electrons. The summed E-state index contributed by atoms with van der Waals surface area (Å²) in [6.07, 6.45) is 0.592. The van der Waals surface area contributed by atoms with Crippen molar-refractivity contribution in [3.05, 3.63) is 57.2 Å². The van der Waals surface area contributed by atoms with E-state index in [1.807, 2.05) is 35.7 Å². The maximum atomic E-state index is 10.5. The van der Waals surface area contributed by atoms with Gasteiger partial charge < -0.3 is 5.11 Å². The maximum absolute atomic E-state index is 10.5. The zero-order valence-corrected chi connectivity index (χ0v) is 10.6. The summed E-state index contributed by atoms with van der Waals surface area (Å²) < 4.78 is 0. The van der Waals surface area contributed by atoms with E-state index in [1.165, 1.54) is 0 Å². The molecule has 1 nitrogen and oxygen atoms in total. The van der Waals surface area contributed by atoms with E-state index >= 15 is 0 Å². The van der Waals surface area contributed by atoms with Gasteiger partial charge in [0.1, 0.15) is 0 Å². The third kappa shape index (κ3) is 2.46. The lowest BCUT2D eigenvalue weighted by Crippen LogP contribution is -2.24. The molecule has 0 amide bonds. The molecule has 84 valence electrons. The Bertz CT molecular complexity index is 463. The largest absolute Gasteiger partial charge is 0.385 e. The first-order valence-electron chi connectivity index (χ1n) is 5.09. The number of hydrogen-bond donors (Lipinski definition) is 1. The molecule has 2 aromatic rings. The second-order valence-corrected chi connectivity index (χ2v) is 5.45. The Kier molecular flexibility index (Phi) is 3.33. The van der Waals surface area contributed by atoms with Crippen LogP contribution < -0.4 is 0 Å². The van der Waals surface area contributed by atoms with Gasteiger partial charge in [0.05, 0.1) is 5.60 Å². The fraction of sp³-hybridized carbons (Fsp3) is 0.231. The highest BCUT2D eigenvalue weighted by Crippen LogP contribution is 2.31. The summed E-state index contributed by atoms with van der Waals surface area (Å²) in [4.78, 5) is 1.16. The maximum Gasteiger partial charge on any atom is 0.0930 e. The molecule has 0 fully saturated rings. The summed E-state index contributed by atoms with van der Waals surface area (Å²) in [7, 11) is 0. The van der Waals surface area contributed by atoms with Crippen molar-refractivity contribution in [2.45, 2.75) is 18.9 Å². The molecular formula is C13H13ClOS. The highest BCUT2D eigenvalue weighted by Gasteiger charge is 2.26. The summed E-state index contributed by atoms with van der Waals surface area (Å²) >= 11 is 7.74. The Labute approximate surface area is 104 Å². The van der Waals surface area contributed by atoms with Crippen LogP contribution in [0.15, 0.2) is 41.8 Å². The quantitative estimate of drug-likeness (QED) is 0.880.